The summed E-state index contributed by atoms with van der Waals surface area (Å²) in [4.78, 5) is 4.18. The molecule has 2 atom stereocenters. The lowest BCUT2D eigenvalue weighted by molar-refractivity contribution is -0.127. The van der Waals surface area contributed by atoms with Gasteiger partial charge in [-0.05, 0) is 62.5 Å². The van der Waals surface area contributed by atoms with E-state index in [1.165, 1.54) is 6.42 Å². The van der Waals surface area contributed by atoms with Crippen LogP contribution < -0.4 is 5.32 Å². The van der Waals surface area contributed by atoms with Crippen LogP contribution >= 0.6 is 0 Å². The van der Waals surface area contributed by atoms with Crippen molar-refractivity contribution in [1.29, 1.82) is 5.26 Å². The van der Waals surface area contributed by atoms with E-state index in [4.69, 9.17) is 5.26 Å². The normalized spacial score (nSPS) is 37.9. The van der Waals surface area contributed by atoms with Gasteiger partial charge < -0.3 is 10.4 Å². The quantitative estimate of drug-likeness (QED) is 0.887. The maximum Gasteiger partial charge on any atom is 0.162 e. The lowest BCUT2D eigenvalue weighted by Gasteiger charge is -2.60. The summed E-state index contributed by atoms with van der Waals surface area (Å²) in [6.45, 7) is 0. The minimum Gasteiger partial charge on any atom is -0.390 e. The van der Waals surface area contributed by atoms with E-state index in [-0.39, 0.29) is 5.54 Å². The maximum atomic E-state index is 10.8. The Kier molecular flexibility index (Phi) is 2.45. The van der Waals surface area contributed by atoms with Gasteiger partial charge in [-0.1, -0.05) is 0 Å². The number of fused-ring (bicyclic) bond motifs is 1. The van der Waals surface area contributed by atoms with Crippen molar-refractivity contribution in [1.82, 2.24) is 14.6 Å². The molecule has 0 radical (unpaired) electrons. The molecule has 23 heavy (non-hydrogen) atoms. The molecule has 2 N–H and O–H groups in total. The average molecular weight is 309 g/mol. The first-order valence-corrected chi connectivity index (χ1v) is 8.32. The zero-order valence-electron chi connectivity index (χ0n) is 12.9. The number of hydrogen-bond acceptors (Lipinski definition) is 5. The first-order valence-electron chi connectivity index (χ1n) is 8.32. The molecule has 0 aromatic carbocycles. The van der Waals surface area contributed by atoms with Crippen LogP contribution in [0.2, 0.25) is 0 Å². The van der Waals surface area contributed by atoms with Crippen molar-refractivity contribution in [2.75, 3.05) is 5.32 Å². The van der Waals surface area contributed by atoms with Crippen molar-refractivity contribution in [3.05, 3.63) is 24.0 Å². The lowest BCUT2D eigenvalue weighted by atomic mass is 9.51. The zero-order chi connectivity index (χ0) is 15.7. The van der Waals surface area contributed by atoms with Gasteiger partial charge in [0.25, 0.3) is 0 Å². The van der Waals surface area contributed by atoms with E-state index in [0.29, 0.717) is 23.2 Å². The summed E-state index contributed by atoms with van der Waals surface area (Å²) in [7, 11) is 0. The van der Waals surface area contributed by atoms with Crippen molar-refractivity contribution in [3.8, 4) is 6.07 Å². The number of hydrogen-bond donors (Lipinski definition) is 2. The Hall–Kier alpha value is -2.13. The molecular weight excluding hydrogens is 290 g/mol. The van der Waals surface area contributed by atoms with Gasteiger partial charge in [-0.25, -0.2) is 9.50 Å². The number of aliphatic hydroxyl groups is 1. The molecule has 2 heterocycles. The summed E-state index contributed by atoms with van der Waals surface area (Å²) >= 11 is 0. The molecule has 0 saturated heterocycles. The Bertz CT molecular complexity index is 821. The highest BCUT2D eigenvalue weighted by Crippen LogP contribution is 2.58. The Labute approximate surface area is 134 Å². The van der Waals surface area contributed by atoms with Gasteiger partial charge in [0.05, 0.1) is 11.8 Å². The minimum absolute atomic E-state index is 0.0487. The van der Waals surface area contributed by atoms with E-state index in [1.807, 2.05) is 12.1 Å². The molecule has 6 nitrogen and oxygen atoms in total. The SMILES string of the molecule is N#Cc1cnc2ccc(NC34CC5CC(CC(O)(C5)C3)C4)nn12. The number of imidazole rings is 1. The van der Waals surface area contributed by atoms with Crippen molar-refractivity contribution in [2.24, 2.45) is 11.8 Å². The fraction of sp³-hybridized carbons (Fsp3) is 0.588. The number of nitrogens with zero attached hydrogens (tertiary/aromatic N) is 4. The second-order valence-corrected chi connectivity index (χ2v) is 7.83. The second kappa shape index (κ2) is 4.24. The zero-order valence-corrected chi connectivity index (χ0v) is 12.9. The highest BCUT2D eigenvalue weighted by Gasteiger charge is 2.57. The van der Waals surface area contributed by atoms with Gasteiger partial charge in [0, 0.05) is 5.54 Å². The van der Waals surface area contributed by atoms with Gasteiger partial charge in [-0.3, -0.25) is 0 Å². The van der Waals surface area contributed by atoms with Crippen molar-refractivity contribution < 1.29 is 5.11 Å². The monoisotopic (exact) mass is 309 g/mol. The molecule has 118 valence electrons. The van der Waals surface area contributed by atoms with E-state index < -0.39 is 5.60 Å². The number of rotatable bonds is 2. The van der Waals surface area contributed by atoms with E-state index in [9.17, 15) is 5.11 Å². The summed E-state index contributed by atoms with van der Waals surface area (Å²) in [6.07, 6.45) is 7.75. The molecule has 0 spiro atoms. The predicted octanol–water partition coefficient (Wildman–Crippen LogP) is 2.10. The molecule has 4 bridgehead atoms. The molecule has 2 unspecified atom stereocenters. The molecule has 6 heteroatoms. The molecule has 0 amide bonds. The molecule has 2 aromatic rings. The summed E-state index contributed by atoms with van der Waals surface area (Å²) in [5.41, 5.74) is 0.574. The molecule has 6 rings (SSSR count). The van der Waals surface area contributed by atoms with Crippen molar-refractivity contribution >= 4 is 11.5 Å². The van der Waals surface area contributed by atoms with E-state index in [2.05, 4.69) is 21.5 Å². The number of nitrogens with one attached hydrogen (secondary N) is 1. The Morgan fingerprint density at radius 2 is 2.04 bits per heavy atom. The van der Waals surface area contributed by atoms with Crippen LogP contribution in [0, 0.1) is 23.2 Å². The van der Waals surface area contributed by atoms with E-state index in [1.54, 1.807) is 10.7 Å². The fourth-order valence-corrected chi connectivity index (χ4v) is 5.65. The van der Waals surface area contributed by atoms with Crippen molar-refractivity contribution in [2.45, 2.75) is 49.7 Å². The third kappa shape index (κ3) is 1.96. The van der Waals surface area contributed by atoms with Gasteiger partial charge in [0.1, 0.15) is 11.9 Å². The van der Waals surface area contributed by atoms with Gasteiger partial charge in [-0.15, -0.1) is 5.10 Å². The smallest absolute Gasteiger partial charge is 0.162 e. The van der Waals surface area contributed by atoms with E-state index in [0.717, 1.165) is 37.9 Å². The highest BCUT2D eigenvalue weighted by atomic mass is 16.3. The van der Waals surface area contributed by atoms with Crippen LogP contribution in [0.4, 0.5) is 5.82 Å². The Balaban J connectivity index is 1.51. The first kappa shape index (κ1) is 13.3. The van der Waals surface area contributed by atoms with Gasteiger partial charge in [-0.2, -0.15) is 5.26 Å². The van der Waals surface area contributed by atoms with Crippen LogP contribution in [0.1, 0.15) is 44.2 Å². The van der Waals surface area contributed by atoms with Crippen LogP contribution in [0.15, 0.2) is 18.3 Å². The maximum absolute atomic E-state index is 10.8. The molecule has 4 aliphatic rings. The Morgan fingerprint density at radius 3 is 2.74 bits per heavy atom. The standard InChI is InChI=1S/C17H19N5O/c18-8-13-9-19-15-2-1-14(21-22(13)15)20-16-4-11-3-12(5-16)7-17(23,6-11)10-16/h1-2,9,11-12,23H,3-7,10H2,(H,20,21). The lowest BCUT2D eigenvalue weighted by Crippen LogP contribution is -2.62. The number of nitriles is 1. The van der Waals surface area contributed by atoms with E-state index >= 15 is 0 Å². The highest BCUT2D eigenvalue weighted by molar-refractivity contribution is 5.48. The largest absolute Gasteiger partial charge is 0.390 e. The van der Waals surface area contributed by atoms with Crippen LogP contribution in [0.5, 0.6) is 0 Å². The third-order valence-electron chi connectivity index (χ3n) is 5.90. The molecular formula is C17H19N5O. The minimum atomic E-state index is -0.492. The molecule has 4 fully saturated rings. The molecule has 4 saturated carbocycles. The van der Waals surface area contributed by atoms with Gasteiger partial charge >= 0.3 is 0 Å². The summed E-state index contributed by atoms with van der Waals surface area (Å²) in [6, 6.07) is 5.92. The van der Waals surface area contributed by atoms with Gasteiger partial charge in [0.15, 0.2) is 11.3 Å². The van der Waals surface area contributed by atoms with Crippen LogP contribution in [-0.2, 0) is 0 Å². The summed E-state index contributed by atoms with van der Waals surface area (Å²) in [5.74, 6) is 2.01. The topological polar surface area (TPSA) is 86.2 Å². The van der Waals surface area contributed by atoms with Crippen LogP contribution in [0.3, 0.4) is 0 Å². The van der Waals surface area contributed by atoms with Crippen LogP contribution in [-0.4, -0.2) is 30.8 Å². The Morgan fingerprint density at radius 1 is 1.26 bits per heavy atom. The van der Waals surface area contributed by atoms with Crippen LogP contribution in [0.25, 0.3) is 5.65 Å². The predicted molar refractivity (Wildman–Crippen MR) is 83.7 cm³/mol. The number of anilines is 1. The van der Waals surface area contributed by atoms with Crippen molar-refractivity contribution in [3.63, 3.8) is 0 Å². The molecule has 2 aromatic heterocycles. The number of aromatic nitrogens is 3. The third-order valence-corrected chi connectivity index (χ3v) is 5.90. The first-order chi connectivity index (χ1) is 11.1. The van der Waals surface area contributed by atoms with Gasteiger partial charge in [0.2, 0.25) is 0 Å². The summed E-state index contributed by atoms with van der Waals surface area (Å²) in [5, 5.41) is 28.2. The summed E-state index contributed by atoms with van der Waals surface area (Å²) < 4.78 is 1.58. The molecule has 0 aliphatic heterocycles. The fourth-order valence-electron chi connectivity index (χ4n) is 5.65. The second-order valence-electron chi connectivity index (χ2n) is 7.83. The average Bonchev–Trinajstić information content (AvgIpc) is 2.86. The molecule has 4 aliphatic carbocycles.